The molecule has 0 N–H and O–H groups in total. The van der Waals surface area contributed by atoms with E-state index in [4.69, 9.17) is 0 Å². The summed E-state index contributed by atoms with van der Waals surface area (Å²) in [5.41, 5.74) is 0. The number of nitrogens with zero attached hydrogens (tertiary/aromatic N) is 6. The molecule has 0 aromatic heterocycles. The van der Waals surface area contributed by atoms with E-state index in [1.54, 1.807) is 0 Å². The molecule has 6 nitrogen and oxygen atoms in total. The first kappa shape index (κ1) is 39.1. The minimum Gasteiger partial charge on any atom is -0.676 e. The van der Waals surface area contributed by atoms with Gasteiger partial charge in [0.2, 0.25) is 0 Å². The van der Waals surface area contributed by atoms with E-state index in [9.17, 15) is 0 Å². The molecule has 0 fully saturated rings. The summed E-state index contributed by atoms with van der Waals surface area (Å²) in [6, 6.07) is 2.40. The van der Waals surface area contributed by atoms with Crippen LogP contribution in [0.4, 0.5) is 0 Å². The Labute approximate surface area is 222 Å². The summed E-state index contributed by atoms with van der Waals surface area (Å²) in [5.74, 6) is 0. The molecule has 0 rings (SSSR count). The maximum Gasteiger partial charge on any atom is 0 e. The minimum absolute atomic E-state index is 0. The first-order valence-corrected chi connectivity index (χ1v) is 11.8. The second-order valence-electron chi connectivity index (χ2n) is 9.35. The number of rotatable bonds is 12. The van der Waals surface area contributed by atoms with E-state index in [1.165, 1.54) is 0 Å². The molecule has 0 unspecified atom stereocenters. The Morgan fingerprint density at radius 3 is 0.419 bits per heavy atom. The van der Waals surface area contributed by atoms with Gasteiger partial charge in [-0.2, -0.15) is 0 Å². The summed E-state index contributed by atoms with van der Waals surface area (Å²) in [6.45, 7) is 31.0. The fourth-order valence-corrected chi connectivity index (χ4v) is 2.70. The molecule has 7 heteroatoms. The fraction of sp³-hybridized carbons (Fsp3) is 1.00. The summed E-state index contributed by atoms with van der Waals surface area (Å²) >= 11 is 0. The van der Waals surface area contributed by atoms with Crippen molar-refractivity contribution in [3.63, 3.8) is 0 Å². The van der Waals surface area contributed by atoms with Crippen molar-refractivity contribution in [3.05, 3.63) is 31.9 Å². The van der Waals surface area contributed by atoms with E-state index in [1.807, 2.05) is 20.8 Å². The molecule has 31 heavy (non-hydrogen) atoms. The molecule has 0 heterocycles. The Balaban J connectivity index is -0.000000174. The second kappa shape index (κ2) is 24.0. The van der Waals surface area contributed by atoms with Gasteiger partial charge in [0, 0.05) is 32.7 Å². The zero-order valence-corrected chi connectivity index (χ0v) is 26.3. The molecule has 0 atom stereocenters. The van der Waals surface area contributed by atoms with Gasteiger partial charge in [-0.3, -0.25) is 0 Å². The van der Waals surface area contributed by atoms with Crippen molar-refractivity contribution in [1.29, 1.82) is 0 Å². The van der Waals surface area contributed by atoms with Crippen molar-refractivity contribution in [3.8, 4) is 0 Å². The van der Waals surface area contributed by atoms with Crippen LogP contribution in [0, 0.1) is 0 Å². The molecule has 0 aromatic rings. The molecule has 0 amide bonds. The van der Waals surface area contributed by atoms with Crippen LogP contribution < -0.4 is 0 Å². The average molecular weight is 516 g/mol. The van der Waals surface area contributed by atoms with Crippen LogP contribution in [0.1, 0.15) is 104 Å². The predicted octanol–water partition coefficient (Wildman–Crippen LogP) is 8.69. The second-order valence-corrected chi connectivity index (χ2v) is 9.35. The van der Waals surface area contributed by atoms with Crippen LogP contribution in [0.5, 0.6) is 0 Å². The van der Waals surface area contributed by atoms with Gasteiger partial charge in [-0.25, -0.2) is 18.5 Å². The third-order valence-electron chi connectivity index (χ3n) is 3.08. The van der Waals surface area contributed by atoms with Crippen molar-refractivity contribution in [2.45, 2.75) is 159 Å². The zero-order chi connectivity index (χ0) is 24.4. The molecule has 0 aromatic carbocycles. The van der Waals surface area contributed by atoms with Crippen molar-refractivity contribution in [1.82, 2.24) is 0 Å². The Morgan fingerprint density at radius 1 is 0.258 bits per heavy atom. The molecular weight excluding hydrogens is 461 g/mol. The van der Waals surface area contributed by atoms with Crippen molar-refractivity contribution in [2.75, 3.05) is 0 Å². The smallest absolute Gasteiger partial charge is 0 e. The maximum atomic E-state index is 4.35. The summed E-state index contributed by atoms with van der Waals surface area (Å²) in [4.78, 5) is 0. The molecule has 0 saturated heterocycles. The van der Waals surface area contributed by atoms with E-state index in [0.717, 1.165) is 0 Å². The molecule has 0 aliphatic heterocycles. The quantitative estimate of drug-likeness (QED) is 0.249. The van der Waals surface area contributed by atoms with Gasteiger partial charge in [-0.15, -0.1) is 57.0 Å². The van der Waals surface area contributed by atoms with E-state index in [0.29, 0.717) is 36.3 Å². The predicted molar refractivity (Wildman–Crippen MR) is 139 cm³/mol. The Morgan fingerprint density at radius 2 is 0.355 bits per heavy atom. The van der Waals surface area contributed by atoms with Crippen molar-refractivity contribution < 1.29 is 32.7 Å². The van der Waals surface area contributed by atoms with Crippen LogP contribution >= 0.6 is 0 Å². The van der Waals surface area contributed by atoms with E-state index >= 15 is 0 Å². The van der Waals surface area contributed by atoms with E-state index in [-0.39, 0.29) is 51.2 Å². The van der Waals surface area contributed by atoms with Gasteiger partial charge in [0.15, 0.2) is 0 Å². The molecule has 0 spiro atoms. The maximum absolute atomic E-state index is 4.35. The van der Waals surface area contributed by atoms with Gasteiger partial charge >= 0.3 is 0 Å². The summed E-state index contributed by atoms with van der Waals surface area (Å²) in [6.07, 6.45) is 0.500. The van der Waals surface area contributed by atoms with Crippen LogP contribution in [-0.4, -0.2) is 54.7 Å². The Bertz CT molecular complexity index is 267. The average Bonchev–Trinajstić information content (AvgIpc) is 2.42. The Hall–Kier alpha value is 0.864. The first-order chi connectivity index (χ1) is 13.6. The van der Waals surface area contributed by atoms with Crippen LogP contribution in [0.3, 0.4) is 0 Å². The van der Waals surface area contributed by atoms with Gasteiger partial charge in [0.1, 0.15) is 0 Å². The summed E-state index contributed by atoms with van der Waals surface area (Å²) in [7, 11) is 0. The van der Waals surface area contributed by atoms with Crippen LogP contribution in [0.2, 0.25) is 0 Å². The minimum atomic E-state index is 0. The normalized spacial score (nSPS) is 11.6. The number of hydrogen-bond acceptors (Lipinski definition) is 0. The first-order valence-electron chi connectivity index (χ1n) is 11.8. The van der Waals surface area contributed by atoms with E-state index in [2.05, 4.69) is 115 Å². The van der Waals surface area contributed by atoms with E-state index < -0.39 is 0 Å². The molecular formula is C24H54N6Y-6. The third kappa shape index (κ3) is 41.6. The zero-order valence-electron chi connectivity index (χ0n) is 23.5. The molecule has 189 valence electrons. The van der Waals surface area contributed by atoms with Crippen LogP contribution in [0.15, 0.2) is 0 Å². The molecule has 0 aliphatic carbocycles. The van der Waals surface area contributed by atoms with Gasteiger partial charge < -0.3 is 31.9 Å². The summed E-state index contributed by atoms with van der Waals surface area (Å²) < 4.78 is 0. The molecule has 0 bridgehead atoms. The van der Waals surface area contributed by atoms with Crippen LogP contribution in [0.25, 0.3) is 31.9 Å². The Kier molecular flexibility index (Phi) is 30.3. The van der Waals surface area contributed by atoms with Crippen molar-refractivity contribution in [2.24, 2.45) is 0 Å². The largest absolute Gasteiger partial charge is 0.676 e. The van der Waals surface area contributed by atoms with Gasteiger partial charge in [-0.05, 0) is 0 Å². The topological polar surface area (TPSA) is 84.6 Å². The van der Waals surface area contributed by atoms with Gasteiger partial charge in [0.25, 0.3) is 0 Å². The fourth-order valence-electron chi connectivity index (χ4n) is 2.70. The monoisotopic (exact) mass is 515 g/mol. The SMILES string of the molecule is CC(C)[N-]C(C)[N-]C(C)C.CC(C)[N-]C(C)[N-]C(C)C.CC(C)[N-]C(C)[N-]C(C)C.[Y]. The number of hydrogen-bond donors (Lipinski definition) is 0. The third-order valence-corrected chi connectivity index (χ3v) is 3.08. The summed E-state index contributed by atoms with van der Waals surface area (Å²) in [5, 5.41) is 26.1. The van der Waals surface area contributed by atoms with Gasteiger partial charge in [0.05, 0.1) is 0 Å². The molecule has 1 radical (unpaired) electrons. The molecule has 0 saturated carbocycles. The van der Waals surface area contributed by atoms with Gasteiger partial charge in [-0.1, -0.05) is 83.1 Å². The standard InChI is InChI=1S/3C8H18N2.Y/c3*1-6(2)9-8(5)10-7(3)4;/h3*6-8H,1-5H3;/q3*-2;. The van der Waals surface area contributed by atoms with Crippen molar-refractivity contribution >= 4 is 0 Å². The molecule has 0 aliphatic rings. The van der Waals surface area contributed by atoms with Crippen LogP contribution in [-0.2, 0) is 32.7 Å².